The Morgan fingerprint density at radius 1 is 1.44 bits per heavy atom. The molecule has 0 aromatic rings. The van der Waals surface area contributed by atoms with Crippen molar-refractivity contribution in [2.75, 3.05) is 33.3 Å². The van der Waals surface area contributed by atoms with Gasteiger partial charge in [-0.05, 0) is 26.4 Å². The third-order valence-electron chi connectivity index (χ3n) is 3.68. The van der Waals surface area contributed by atoms with E-state index in [0.717, 1.165) is 19.5 Å². The molecule has 92 valence electrons. The second-order valence-corrected chi connectivity index (χ2v) is 4.75. The number of rotatable bonds is 3. The zero-order chi connectivity index (χ0) is 11.5. The molecule has 2 fully saturated rings. The van der Waals surface area contributed by atoms with Gasteiger partial charge in [0.15, 0.2) is 0 Å². The van der Waals surface area contributed by atoms with E-state index < -0.39 is 0 Å². The highest BCUT2D eigenvalue weighted by Gasteiger charge is 2.34. The van der Waals surface area contributed by atoms with Crippen molar-refractivity contribution in [1.82, 2.24) is 9.80 Å². The summed E-state index contributed by atoms with van der Waals surface area (Å²) >= 11 is 0. The third-order valence-corrected chi connectivity index (χ3v) is 3.68. The summed E-state index contributed by atoms with van der Waals surface area (Å²) in [4.78, 5) is 15.7. The van der Waals surface area contributed by atoms with Gasteiger partial charge in [-0.2, -0.15) is 0 Å². The van der Waals surface area contributed by atoms with Crippen molar-refractivity contribution in [3.63, 3.8) is 0 Å². The van der Waals surface area contributed by atoms with Crippen LogP contribution >= 0.6 is 0 Å². The number of nitrogens with two attached hydrogens (primary N) is 1. The molecule has 0 bridgehead atoms. The number of hydrogen-bond donors (Lipinski definition) is 1. The lowest BCUT2D eigenvalue weighted by molar-refractivity contribution is 0.122. The van der Waals surface area contributed by atoms with E-state index in [-0.39, 0.29) is 12.1 Å². The van der Waals surface area contributed by atoms with Crippen LogP contribution in [0.3, 0.4) is 0 Å². The predicted molar refractivity (Wildman–Crippen MR) is 61.2 cm³/mol. The fourth-order valence-electron chi connectivity index (χ4n) is 2.51. The highest BCUT2D eigenvalue weighted by molar-refractivity contribution is 5.70. The zero-order valence-corrected chi connectivity index (χ0v) is 9.89. The Hall–Kier alpha value is -0.810. The van der Waals surface area contributed by atoms with Gasteiger partial charge in [0.25, 0.3) is 0 Å². The fourth-order valence-corrected chi connectivity index (χ4v) is 2.51. The maximum absolute atomic E-state index is 11.6. The van der Waals surface area contributed by atoms with Crippen LogP contribution in [-0.2, 0) is 4.74 Å². The molecule has 2 saturated heterocycles. The molecule has 0 spiro atoms. The first-order valence-corrected chi connectivity index (χ1v) is 6.06. The van der Waals surface area contributed by atoms with Gasteiger partial charge >= 0.3 is 6.09 Å². The molecule has 2 heterocycles. The van der Waals surface area contributed by atoms with Gasteiger partial charge in [0, 0.05) is 19.1 Å². The second-order valence-electron chi connectivity index (χ2n) is 4.75. The van der Waals surface area contributed by atoms with Crippen LogP contribution in [0.5, 0.6) is 0 Å². The van der Waals surface area contributed by atoms with E-state index in [1.165, 1.54) is 12.8 Å². The molecule has 0 saturated carbocycles. The lowest BCUT2D eigenvalue weighted by atomic mass is 10.0. The highest BCUT2D eigenvalue weighted by Crippen LogP contribution is 2.19. The molecule has 2 N–H and O–H groups in total. The molecule has 5 nitrogen and oxygen atoms in total. The van der Waals surface area contributed by atoms with E-state index in [1.807, 2.05) is 0 Å². The van der Waals surface area contributed by atoms with Crippen molar-refractivity contribution >= 4 is 6.09 Å². The average molecular weight is 227 g/mol. The minimum absolute atomic E-state index is 0.0721. The highest BCUT2D eigenvalue weighted by atomic mass is 16.6. The summed E-state index contributed by atoms with van der Waals surface area (Å²) in [6.07, 6.45) is 3.48. The quantitative estimate of drug-likeness (QED) is 0.751. The molecule has 0 radical (unpaired) electrons. The lowest BCUT2D eigenvalue weighted by Crippen LogP contribution is -2.49. The van der Waals surface area contributed by atoms with Gasteiger partial charge in [0.05, 0.1) is 6.04 Å². The van der Waals surface area contributed by atoms with Crippen LogP contribution in [-0.4, -0.2) is 61.3 Å². The minimum Gasteiger partial charge on any atom is -0.447 e. The standard InChI is InChI=1S/C11H21N3O2/c1-13-5-3-2-4-9(13)7-14-10(6-12)8-16-11(14)15/h9-10H,2-8,12H2,1H3. The van der Waals surface area contributed by atoms with Crippen LogP contribution in [0.1, 0.15) is 19.3 Å². The monoisotopic (exact) mass is 227 g/mol. The van der Waals surface area contributed by atoms with Gasteiger partial charge in [-0.1, -0.05) is 6.42 Å². The van der Waals surface area contributed by atoms with Crippen LogP contribution in [0.2, 0.25) is 0 Å². The molecular formula is C11H21N3O2. The molecule has 1 amide bonds. The van der Waals surface area contributed by atoms with E-state index in [9.17, 15) is 4.79 Å². The number of amides is 1. The Morgan fingerprint density at radius 2 is 2.25 bits per heavy atom. The number of hydrogen-bond acceptors (Lipinski definition) is 4. The number of cyclic esters (lactones) is 1. The first kappa shape index (κ1) is 11.7. The summed E-state index contributed by atoms with van der Waals surface area (Å²) < 4.78 is 5.03. The predicted octanol–water partition coefficient (Wildman–Crippen LogP) is 0.250. The second kappa shape index (κ2) is 5.01. The largest absolute Gasteiger partial charge is 0.447 e. The van der Waals surface area contributed by atoms with Gasteiger partial charge < -0.3 is 15.4 Å². The summed E-state index contributed by atoms with van der Waals surface area (Å²) in [5, 5.41) is 0. The zero-order valence-electron chi connectivity index (χ0n) is 9.89. The van der Waals surface area contributed by atoms with Crippen LogP contribution in [0.15, 0.2) is 0 Å². The Kier molecular flexibility index (Phi) is 3.66. The Morgan fingerprint density at radius 3 is 2.94 bits per heavy atom. The van der Waals surface area contributed by atoms with Gasteiger partial charge in [-0.15, -0.1) is 0 Å². The normalized spacial score (nSPS) is 31.9. The first-order chi connectivity index (χ1) is 7.72. The van der Waals surface area contributed by atoms with Crippen molar-refractivity contribution in [2.24, 2.45) is 5.73 Å². The Labute approximate surface area is 96.5 Å². The van der Waals surface area contributed by atoms with Crippen molar-refractivity contribution in [3.05, 3.63) is 0 Å². The summed E-state index contributed by atoms with van der Waals surface area (Å²) in [6, 6.07) is 0.538. The topological polar surface area (TPSA) is 58.8 Å². The molecule has 2 aliphatic heterocycles. The van der Waals surface area contributed by atoms with Gasteiger partial charge in [0.1, 0.15) is 6.61 Å². The maximum Gasteiger partial charge on any atom is 0.410 e. The van der Waals surface area contributed by atoms with Crippen LogP contribution < -0.4 is 5.73 Å². The first-order valence-electron chi connectivity index (χ1n) is 6.06. The number of nitrogens with zero attached hydrogens (tertiary/aromatic N) is 2. The van der Waals surface area contributed by atoms with Crippen molar-refractivity contribution in [1.29, 1.82) is 0 Å². The molecule has 16 heavy (non-hydrogen) atoms. The van der Waals surface area contributed by atoms with Crippen molar-refractivity contribution < 1.29 is 9.53 Å². The average Bonchev–Trinajstić information content (AvgIpc) is 2.63. The summed E-state index contributed by atoms with van der Waals surface area (Å²) in [7, 11) is 2.13. The van der Waals surface area contributed by atoms with Gasteiger partial charge in [-0.25, -0.2) is 4.79 Å². The van der Waals surface area contributed by atoms with Gasteiger partial charge in [0.2, 0.25) is 0 Å². The number of piperidine rings is 1. The van der Waals surface area contributed by atoms with Gasteiger partial charge in [-0.3, -0.25) is 4.90 Å². The Bertz CT molecular complexity index is 260. The maximum atomic E-state index is 11.6. The molecule has 2 atom stereocenters. The minimum atomic E-state index is -0.200. The number of ether oxygens (including phenoxy) is 1. The van der Waals surface area contributed by atoms with Crippen LogP contribution in [0.25, 0.3) is 0 Å². The molecular weight excluding hydrogens is 206 g/mol. The van der Waals surface area contributed by atoms with E-state index in [0.29, 0.717) is 19.2 Å². The van der Waals surface area contributed by atoms with E-state index in [1.54, 1.807) is 4.90 Å². The molecule has 2 aliphatic rings. The smallest absolute Gasteiger partial charge is 0.410 e. The van der Waals surface area contributed by atoms with E-state index in [4.69, 9.17) is 10.5 Å². The van der Waals surface area contributed by atoms with Crippen LogP contribution in [0, 0.1) is 0 Å². The molecule has 0 aromatic heterocycles. The summed E-state index contributed by atoms with van der Waals surface area (Å²) in [5.74, 6) is 0. The van der Waals surface area contributed by atoms with Crippen molar-refractivity contribution in [2.45, 2.75) is 31.3 Å². The van der Waals surface area contributed by atoms with E-state index >= 15 is 0 Å². The fraction of sp³-hybridized carbons (Fsp3) is 0.909. The molecule has 0 aromatic carbocycles. The molecule has 0 aliphatic carbocycles. The molecule has 5 heteroatoms. The molecule has 2 unspecified atom stereocenters. The SMILES string of the molecule is CN1CCCCC1CN1C(=O)OCC1CN. The summed E-state index contributed by atoms with van der Waals surface area (Å²) in [5.41, 5.74) is 5.64. The summed E-state index contributed by atoms with van der Waals surface area (Å²) in [6.45, 7) is 2.83. The number of carbonyl (C=O) groups is 1. The number of likely N-dealkylation sites (tertiary alicyclic amines) is 1. The van der Waals surface area contributed by atoms with E-state index in [2.05, 4.69) is 11.9 Å². The number of carbonyl (C=O) groups excluding carboxylic acids is 1. The van der Waals surface area contributed by atoms with Crippen LogP contribution in [0.4, 0.5) is 4.79 Å². The lowest BCUT2D eigenvalue weighted by Gasteiger charge is -2.35. The van der Waals surface area contributed by atoms with Crippen molar-refractivity contribution in [3.8, 4) is 0 Å². The Balaban J connectivity index is 1.94. The number of likely N-dealkylation sites (N-methyl/N-ethyl adjacent to an activating group) is 1. The molecule has 2 rings (SSSR count). The third kappa shape index (κ3) is 2.30.